The number of carbonyl (C=O) groups excluding carboxylic acids is 1. The zero-order valence-electron chi connectivity index (χ0n) is 19.3. The van der Waals surface area contributed by atoms with E-state index in [1.807, 2.05) is 36.4 Å². The lowest BCUT2D eigenvalue weighted by molar-refractivity contribution is 0.100. The second-order valence-electron chi connectivity index (χ2n) is 8.97. The first-order valence-corrected chi connectivity index (χ1v) is 12.0. The van der Waals surface area contributed by atoms with Gasteiger partial charge in [0, 0.05) is 27.9 Å². The van der Waals surface area contributed by atoms with E-state index in [2.05, 4.69) is 72.2 Å². The highest BCUT2D eigenvalue weighted by Gasteiger charge is 2.18. The molecule has 4 heteroatoms. The topological polar surface area (TPSA) is 48.0 Å². The Bertz CT molecular complexity index is 1760. The van der Waals surface area contributed by atoms with Crippen molar-refractivity contribution >= 4 is 50.1 Å². The van der Waals surface area contributed by atoms with E-state index in [0.717, 1.165) is 32.9 Å². The zero-order chi connectivity index (χ0) is 24.1. The summed E-state index contributed by atoms with van der Waals surface area (Å²) in [5, 5.41) is 5.08. The number of primary amides is 1. The molecule has 0 aliphatic carbocycles. The largest absolute Gasteiger partial charge is 0.366 e. The lowest BCUT2D eigenvalue weighted by Gasteiger charge is -2.14. The van der Waals surface area contributed by atoms with Gasteiger partial charge >= 0.3 is 0 Å². The van der Waals surface area contributed by atoms with Gasteiger partial charge in [0.2, 0.25) is 5.91 Å². The molecule has 2 N–H and O–H groups in total. The van der Waals surface area contributed by atoms with Crippen LogP contribution in [0.25, 0.3) is 43.7 Å². The Balaban J connectivity index is 1.66. The van der Waals surface area contributed by atoms with Gasteiger partial charge < -0.3 is 10.3 Å². The summed E-state index contributed by atoms with van der Waals surface area (Å²) in [5.41, 5.74) is 13.1. The van der Waals surface area contributed by atoms with Crippen molar-refractivity contribution in [3.63, 3.8) is 0 Å². The molecule has 0 atom stereocenters. The highest BCUT2D eigenvalue weighted by molar-refractivity contribution is 6.30. The molecule has 0 saturated carbocycles. The number of aromatic nitrogens is 1. The van der Waals surface area contributed by atoms with Crippen molar-refractivity contribution < 1.29 is 4.79 Å². The highest BCUT2D eigenvalue weighted by Crippen LogP contribution is 2.36. The number of fused-ring (bicyclic) bond motifs is 4. The maximum Gasteiger partial charge on any atom is 0.249 e. The van der Waals surface area contributed by atoms with Crippen molar-refractivity contribution in [1.29, 1.82) is 0 Å². The SMILES string of the molecule is Cc1ccc2ccccc2c1Cn1c2cc(-c3ccc(Cl)cc3)ccc2c2c(C(N)=O)cccc21. The van der Waals surface area contributed by atoms with Crippen LogP contribution in [0.5, 0.6) is 0 Å². The maximum atomic E-state index is 12.4. The predicted molar refractivity (Wildman–Crippen MR) is 146 cm³/mol. The number of carbonyl (C=O) groups is 1. The summed E-state index contributed by atoms with van der Waals surface area (Å²) in [4.78, 5) is 12.4. The molecular formula is C31H23ClN2O. The van der Waals surface area contributed by atoms with Gasteiger partial charge in [0.15, 0.2) is 0 Å². The van der Waals surface area contributed by atoms with Crippen molar-refractivity contribution in [2.24, 2.45) is 5.73 Å². The number of benzene rings is 5. The van der Waals surface area contributed by atoms with Crippen LogP contribution in [-0.4, -0.2) is 10.5 Å². The summed E-state index contributed by atoms with van der Waals surface area (Å²) in [6.07, 6.45) is 0. The van der Waals surface area contributed by atoms with Gasteiger partial charge in [-0.25, -0.2) is 0 Å². The molecule has 5 aromatic carbocycles. The smallest absolute Gasteiger partial charge is 0.249 e. The van der Waals surface area contributed by atoms with E-state index < -0.39 is 5.91 Å². The Hall–Kier alpha value is -4.08. The van der Waals surface area contributed by atoms with E-state index in [-0.39, 0.29) is 0 Å². The predicted octanol–water partition coefficient (Wildman–Crippen LogP) is 7.72. The summed E-state index contributed by atoms with van der Waals surface area (Å²) in [5.74, 6) is -0.419. The third kappa shape index (κ3) is 3.56. The van der Waals surface area contributed by atoms with Crippen molar-refractivity contribution in [2.75, 3.05) is 0 Å². The number of amides is 1. The lowest BCUT2D eigenvalue weighted by Crippen LogP contribution is -2.11. The molecule has 6 rings (SSSR count). The number of hydrogen-bond donors (Lipinski definition) is 1. The van der Waals surface area contributed by atoms with E-state index in [9.17, 15) is 4.79 Å². The third-order valence-corrected chi connectivity index (χ3v) is 7.18. The minimum absolute atomic E-state index is 0.419. The molecule has 35 heavy (non-hydrogen) atoms. The van der Waals surface area contributed by atoms with Gasteiger partial charge in [0.05, 0.1) is 11.0 Å². The lowest BCUT2D eigenvalue weighted by atomic mass is 9.99. The second kappa shape index (κ2) is 8.30. The number of nitrogens with two attached hydrogens (primary N) is 1. The van der Waals surface area contributed by atoms with Crippen LogP contribution < -0.4 is 5.73 Å². The maximum absolute atomic E-state index is 12.4. The number of halogens is 1. The molecule has 0 aliphatic heterocycles. The van der Waals surface area contributed by atoms with Gasteiger partial charge in [-0.3, -0.25) is 4.79 Å². The van der Waals surface area contributed by atoms with Crippen LogP contribution in [0.4, 0.5) is 0 Å². The third-order valence-electron chi connectivity index (χ3n) is 6.93. The fourth-order valence-corrected chi connectivity index (χ4v) is 5.28. The van der Waals surface area contributed by atoms with Gasteiger partial charge in [-0.05, 0) is 70.3 Å². The van der Waals surface area contributed by atoms with Crippen LogP contribution in [0.15, 0.2) is 97.1 Å². The van der Waals surface area contributed by atoms with Crippen molar-refractivity contribution in [1.82, 2.24) is 4.57 Å². The standard InChI is InChI=1S/C31H23ClN2O/c1-19-9-10-21-5-2-3-6-24(21)27(19)18-34-28-8-4-7-26(31(33)35)30(28)25-16-13-22(17-29(25)34)20-11-14-23(32)15-12-20/h2-17H,18H2,1H3,(H2,33,35). The van der Waals surface area contributed by atoms with Crippen molar-refractivity contribution in [2.45, 2.75) is 13.5 Å². The van der Waals surface area contributed by atoms with Crippen molar-refractivity contribution in [3.05, 3.63) is 119 Å². The molecule has 0 radical (unpaired) electrons. The van der Waals surface area contributed by atoms with E-state index in [0.29, 0.717) is 17.1 Å². The first-order chi connectivity index (χ1) is 17.0. The molecule has 1 amide bonds. The minimum Gasteiger partial charge on any atom is -0.366 e. The molecule has 1 aromatic heterocycles. The summed E-state index contributed by atoms with van der Waals surface area (Å²) in [6, 6.07) is 32.9. The van der Waals surface area contributed by atoms with Gasteiger partial charge in [0.25, 0.3) is 0 Å². The van der Waals surface area contributed by atoms with E-state index in [1.165, 1.54) is 21.9 Å². The minimum atomic E-state index is -0.419. The van der Waals surface area contributed by atoms with Crippen LogP contribution in [0.1, 0.15) is 21.5 Å². The van der Waals surface area contributed by atoms with Crippen molar-refractivity contribution in [3.8, 4) is 11.1 Å². The van der Waals surface area contributed by atoms with Crippen LogP contribution >= 0.6 is 11.6 Å². The molecule has 0 saturated heterocycles. The summed E-state index contributed by atoms with van der Waals surface area (Å²) < 4.78 is 2.31. The molecule has 0 unspecified atom stereocenters. The molecule has 0 fully saturated rings. The molecule has 3 nitrogen and oxygen atoms in total. The molecule has 0 spiro atoms. The van der Waals surface area contributed by atoms with Gasteiger partial charge in [-0.2, -0.15) is 0 Å². The fraction of sp³-hybridized carbons (Fsp3) is 0.0645. The summed E-state index contributed by atoms with van der Waals surface area (Å²) in [6.45, 7) is 2.84. The zero-order valence-corrected chi connectivity index (χ0v) is 20.0. The molecular weight excluding hydrogens is 452 g/mol. The van der Waals surface area contributed by atoms with E-state index >= 15 is 0 Å². The first-order valence-electron chi connectivity index (χ1n) is 11.6. The van der Waals surface area contributed by atoms with Crippen LogP contribution in [0.2, 0.25) is 5.02 Å². The van der Waals surface area contributed by atoms with Crippen LogP contribution in [-0.2, 0) is 6.54 Å². The Labute approximate surface area is 208 Å². The Kier molecular flexibility index (Phi) is 5.09. The van der Waals surface area contributed by atoms with Gasteiger partial charge in [0.1, 0.15) is 0 Å². The number of nitrogens with zero attached hydrogens (tertiary/aromatic N) is 1. The molecule has 0 bridgehead atoms. The normalized spacial score (nSPS) is 11.5. The first kappa shape index (κ1) is 21.5. The van der Waals surface area contributed by atoms with Crippen LogP contribution in [0, 0.1) is 6.92 Å². The molecule has 170 valence electrons. The van der Waals surface area contributed by atoms with E-state index in [4.69, 9.17) is 17.3 Å². The van der Waals surface area contributed by atoms with Gasteiger partial charge in [-0.1, -0.05) is 78.3 Å². The average molecular weight is 475 g/mol. The average Bonchev–Trinajstić information content (AvgIpc) is 3.19. The Morgan fingerprint density at radius 1 is 0.800 bits per heavy atom. The summed E-state index contributed by atoms with van der Waals surface area (Å²) in [7, 11) is 0. The monoisotopic (exact) mass is 474 g/mol. The molecule has 6 aromatic rings. The second-order valence-corrected chi connectivity index (χ2v) is 9.41. The number of rotatable bonds is 4. The Morgan fingerprint density at radius 2 is 1.57 bits per heavy atom. The molecule has 1 heterocycles. The summed E-state index contributed by atoms with van der Waals surface area (Å²) >= 11 is 6.12. The van der Waals surface area contributed by atoms with Gasteiger partial charge in [-0.15, -0.1) is 0 Å². The van der Waals surface area contributed by atoms with E-state index in [1.54, 1.807) is 0 Å². The van der Waals surface area contributed by atoms with Crippen LogP contribution in [0.3, 0.4) is 0 Å². The molecule has 0 aliphatic rings. The quantitative estimate of drug-likeness (QED) is 0.279. The fourth-order valence-electron chi connectivity index (χ4n) is 5.15. The number of hydrogen-bond acceptors (Lipinski definition) is 1. The Morgan fingerprint density at radius 3 is 2.37 bits per heavy atom. The number of aryl methyl sites for hydroxylation is 1. The highest BCUT2D eigenvalue weighted by atomic mass is 35.5.